The van der Waals surface area contributed by atoms with E-state index in [4.69, 9.17) is 0 Å². The van der Waals surface area contributed by atoms with Crippen molar-refractivity contribution in [2.24, 2.45) is 5.92 Å². The van der Waals surface area contributed by atoms with Gasteiger partial charge in [-0.2, -0.15) is 0 Å². The predicted molar refractivity (Wildman–Crippen MR) is 116 cm³/mol. The standard InChI is InChI=1S/C23H34N4O2/c1-2-11-26-12-14-27(15-13-26)23(29)20-10-9-19(25-22(28)17-7-8-17)16-21(20)24-18-5-3-4-6-18/h9-10,16-18,24H,2-8,11-15H2,1H3,(H,25,28). The molecule has 1 saturated heterocycles. The van der Waals surface area contributed by atoms with Crippen LogP contribution in [0.1, 0.15) is 62.2 Å². The highest BCUT2D eigenvalue weighted by atomic mass is 16.2. The predicted octanol–water partition coefficient (Wildman–Crippen LogP) is 3.56. The molecule has 29 heavy (non-hydrogen) atoms. The van der Waals surface area contributed by atoms with Gasteiger partial charge in [0, 0.05) is 49.5 Å². The Bertz CT molecular complexity index is 732. The fourth-order valence-corrected chi connectivity index (χ4v) is 4.47. The van der Waals surface area contributed by atoms with E-state index < -0.39 is 0 Å². The van der Waals surface area contributed by atoms with E-state index in [1.165, 1.54) is 12.8 Å². The minimum atomic E-state index is 0.0988. The highest BCUT2D eigenvalue weighted by molar-refractivity contribution is 6.01. The monoisotopic (exact) mass is 398 g/mol. The summed E-state index contributed by atoms with van der Waals surface area (Å²) < 4.78 is 0. The van der Waals surface area contributed by atoms with E-state index in [1.807, 2.05) is 23.1 Å². The first-order valence-electron chi connectivity index (χ1n) is 11.4. The maximum atomic E-state index is 13.3. The quantitative estimate of drug-likeness (QED) is 0.737. The number of benzene rings is 1. The Labute approximate surface area is 174 Å². The summed E-state index contributed by atoms with van der Waals surface area (Å²) in [5.74, 6) is 0.367. The van der Waals surface area contributed by atoms with Crippen LogP contribution in [0, 0.1) is 5.92 Å². The van der Waals surface area contributed by atoms with E-state index in [9.17, 15) is 9.59 Å². The van der Waals surface area contributed by atoms with E-state index >= 15 is 0 Å². The molecule has 1 heterocycles. The topological polar surface area (TPSA) is 64.7 Å². The van der Waals surface area contributed by atoms with Crippen molar-refractivity contribution in [2.45, 2.75) is 57.9 Å². The van der Waals surface area contributed by atoms with Crippen molar-refractivity contribution in [1.82, 2.24) is 9.80 Å². The van der Waals surface area contributed by atoms with Crippen LogP contribution >= 0.6 is 0 Å². The molecule has 4 rings (SSSR count). The van der Waals surface area contributed by atoms with Gasteiger partial charge in [0.1, 0.15) is 0 Å². The number of rotatable bonds is 7. The first-order chi connectivity index (χ1) is 14.1. The summed E-state index contributed by atoms with van der Waals surface area (Å²) in [6.45, 7) is 6.75. The summed E-state index contributed by atoms with van der Waals surface area (Å²) in [4.78, 5) is 29.9. The molecule has 0 bridgehead atoms. The number of piperazine rings is 1. The maximum absolute atomic E-state index is 13.3. The zero-order chi connectivity index (χ0) is 20.2. The highest BCUT2D eigenvalue weighted by Crippen LogP contribution is 2.32. The smallest absolute Gasteiger partial charge is 0.256 e. The molecule has 1 aliphatic heterocycles. The van der Waals surface area contributed by atoms with Gasteiger partial charge >= 0.3 is 0 Å². The molecule has 0 unspecified atom stereocenters. The molecule has 3 fully saturated rings. The molecule has 1 aromatic rings. The van der Waals surface area contributed by atoms with Crippen LogP contribution < -0.4 is 10.6 Å². The van der Waals surface area contributed by atoms with Gasteiger partial charge in [-0.1, -0.05) is 19.8 Å². The third-order valence-electron chi connectivity index (χ3n) is 6.38. The molecule has 158 valence electrons. The summed E-state index contributed by atoms with van der Waals surface area (Å²) in [5.41, 5.74) is 2.38. The van der Waals surface area contributed by atoms with Crippen molar-refractivity contribution in [2.75, 3.05) is 43.4 Å². The van der Waals surface area contributed by atoms with Gasteiger partial charge in [-0.15, -0.1) is 0 Å². The van der Waals surface area contributed by atoms with Crippen molar-refractivity contribution in [3.8, 4) is 0 Å². The third-order valence-corrected chi connectivity index (χ3v) is 6.38. The summed E-state index contributed by atoms with van der Waals surface area (Å²) >= 11 is 0. The highest BCUT2D eigenvalue weighted by Gasteiger charge is 2.30. The Morgan fingerprint density at radius 3 is 2.41 bits per heavy atom. The number of carbonyl (C=O) groups is 2. The number of amides is 2. The SMILES string of the molecule is CCCN1CCN(C(=O)c2ccc(NC(=O)C3CC3)cc2NC2CCCC2)CC1. The van der Waals surface area contributed by atoms with Crippen LogP contribution in [0.4, 0.5) is 11.4 Å². The van der Waals surface area contributed by atoms with Crippen molar-refractivity contribution in [3.63, 3.8) is 0 Å². The molecule has 0 spiro atoms. The van der Waals surface area contributed by atoms with Gasteiger partial charge in [0.05, 0.1) is 5.56 Å². The van der Waals surface area contributed by atoms with Crippen LogP contribution in [0.25, 0.3) is 0 Å². The van der Waals surface area contributed by atoms with Crippen LogP contribution in [-0.4, -0.2) is 60.4 Å². The zero-order valence-corrected chi connectivity index (χ0v) is 17.6. The molecule has 2 N–H and O–H groups in total. The van der Waals surface area contributed by atoms with Gasteiger partial charge in [0.15, 0.2) is 0 Å². The molecule has 0 atom stereocenters. The molecule has 2 aliphatic carbocycles. The van der Waals surface area contributed by atoms with Crippen molar-refractivity contribution >= 4 is 23.2 Å². The Balaban J connectivity index is 1.49. The summed E-state index contributed by atoms with van der Waals surface area (Å²) in [5, 5.41) is 6.63. The van der Waals surface area contributed by atoms with Crippen molar-refractivity contribution in [3.05, 3.63) is 23.8 Å². The van der Waals surface area contributed by atoms with Gasteiger partial charge in [-0.3, -0.25) is 14.5 Å². The van der Waals surface area contributed by atoms with E-state index in [2.05, 4.69) is 22.5 Å². The van der Waals surface area contributed by atoms with Crippen LogP contribution in [0.5, 0.6) is 0 Å². The molecular formula is C23H34N4O2. The van der Waals surface area contributed by atoms with Gasteiger partial charge in [0.2, 0.25) is 5.91 Å². The summed E-state index contributed by atoms with van der Waals surface area (Å²) in [7, 11) is 0. The average Bonchev–Trinajstić information content (AvgIpc) is 3.46. The first-order valence-corrected chi connectivity index (χ1v) is 11.4. The molecule has 0 aromatic heterocycles. The summed E-state index contributed by atoms with van der Waals surface area (Å²) in [6.07, 6.45) is 7.87. The van der Waals surface area contributed by atoms with Crippen LogP contribution in [0.2, 0.25) is 0 Å². The van der Waals surface area contributed by atoms with E-state index in [-0.39, 0.29) is 17.7 Å². The van der Waals surface area contributed by atoms with Gasteiger partial charge < -0.3 is 15.5 Å². The molecule has 0 radical (unpaired) electrons. The molecule has 2 saturated carbocycles. The number of carbonyl (C=O) groups excluding carboxylic acids is 2. The van der Waals surface area contributed by atoms with Gasteiger partial charge in [-0.05, 0) is 56.8 Å². The minimum absolute atomic E-state index is 0.0988. The Morgan fingerprint density at radius 2 is 1.76 bits per heavy atom. The zero-order valence-electron chi connectivity index (χ0n) is 17.6. The normalized spacial score (nSPS) is 20.7. The summed E-state index contributed by atoms with van der Waals surface area (Å²) in [6, 6.07) is 6.14. The minimum Gasteiger partial charge on any atom is -0.382 e. The fourth-order valence-electron chi connectivity index (χ4n) is 4.47. The molecule has 3 aliphatic rings. The lowest BCUT2D eigenvalue weighted by molar-refractivity contribution is -0.117. The average molecular weight is 399 g/mol. The lowest BCUT2D eigenvalue weighted by Gasteiger charge is -2.35. The van der Waals surface area contributed by atoms with Crippen LogP contribution in [-0.2, 0) is 4.79 Å². The van der Waals surface area contributed by atoms with E-state index in [0.717, 1.165) is 81.8 Å². The Kier molecular flexibility index (Phi) is 6.38. The molecular weight excluding hydrogens is 364 g/mol. The second-order valence-electron chi connectivity index (χ2n) is 8.78. The molecule has 1 aromatic carbocycles. The number of hydrogen-bond acceptors (Lipinski definition) is 4. The number of hydrogen-bond donors (Lipinski definition) is 2. The second kappa shape index (κ2) is 9.16. The largest absolute Gasteiger partial charge is 0.382 e. The number of nitrogens with zero attached hydrogens (tertiary/aromatic N) is 2. The van der Waals surface area contributed by atoms with Gasteiger partial charge in [-0.25, -0.2) is 0 Å². The van der Waals surface area contributed by atoms with Crippen LogP contribution in [0.15, 0.2) is 18.2 Å². The van der Waals surface area contributed by atoms with Gasteiger partial charge in [0.25, 0.3) is 5.91 Å². The molecule has 2 amide bonds. The first kappa shape index (κ1) is 20.2. The van der Waals surface area contributed by atoms with Crippen molar-refractivity contribution < 1.29 is 9.59 Å². The van der Waals surface area contributed by atoms with Crippen molar-refractivity contribution in [1.29, 1.82) is 0 Å². The third kappa shape index (κ3) is 5.10. The number of nitrogens with one attached hydrogen (secondary N) is 2. The van der Waals surface area contributed by atoms with E-state index in [1.54, 1.807) is 0 Å². The lowest BCUT2D eigenvalue weighted by atomic mass is 10.1. The fraction of sp³-hybridized carbons (Fsp3) is 0.652. The van der Waals surface area contributed by atoms with E-state index in [0.29, 0.717) is 6.04 Å². The lowest BCUT2D eigenvalue weighted by Crippen LogP contribution is -2.48. The molecule has 6 heteroatoms. The Hall–Kier alpha value is -2.08. The molecule has 6 nitrogen and oxygen atoms in total. The number of anilines is 2. The van der Waals surface area contributed by atoms with Crippen LogP contribution in [0.3, 0.4) is 0 Å². The maximum Gasteiger partial charge on any atom is 0.256 e. The Morgan fingerprint density at radius 1 is 1.03 bits per heavy atom. The second-order valence-corrected chi connectivity index (χ2v) is 8.78.